The Hall–Kier alpha value is -3.16. The van der Waals surface area contributed by atoms with E-state index >= 15 is 0 Å². The molecule has 1 aliphatic heterocycles. The van der Waals surface area contributed by atoms with E-state index < -0.39 is 10.0 Å². The van der Waals surface area contributed by atoms with Crippen LogP contribution in [-0.4, -0.2) is 31.7 Å². The summed E-state index contributed by atoms with van der Waals surface area (Å²) in [6.45, 7) is 3.30. The van der Waals surface area contributed by atoms with E-state index in [2.05, 4.69) is 5.32 Å². The van der Waals surface area contributed by atoms with Gasteiger partial charge in [-0.15, -0.1) is 0 Å². The van der Waals surface area contributed by atoms with Crippen LogP contribution in [0.4, 0.5) is 5.69 Å². The molecule has 7 heteroatoms. The number of anilines is 1. The second-order valence-electron chi connectivity index (χ2n) is 7.84. The molecule has 1 amide bonds. The molecular weight excluding hydrogens is 424 g/mol. The number of hydrogen-bond acceptors (Lipinski definition) is 4. The van der Waals surface area contributed by atoms with Gasteiger partial charge in [0.15, 0.2) is 0 Å². The quantitative estimate of drug-likeness (QED) is 0.570. The average Bonchev–Trinajstić information content (AvgIpc) is 3.35. The van der Waals surface area contributed by atoms with Crippen molar-refractivity contribution in [3.05, 3.63) is 89.5 Å². The zero-order valence-corrected chi connectivity index (χ0v) is 18.8. The van der Waals surface area contributed by atoms with Crippen molar-refractivity contribution in [3.8, 4) is 5.75 Å². The van der Waals surface area contributed by atoms with Gasteiger partial charge in [-0.3, -0.25) is 4.79 Å². The fraction of sp³-hybridized carbons (Fsp3) is 0.240. The average molecular weight is 451 g/mol. The minimum atomic E-state index is -3.58. The Morgan fingerprint density at radius 3 is 2.34 bits per heavy atom. The molecule has 0 bridgehead atoms. The lowest BCUT2D eigenvalue weighted by Gasteiger charge is -2.17. The van der Waals surface area contributed by atoms with Gasteiger partial charge in [0, 0.05) is 24.3 Å². The smallest absolute Gasteiger partial charge is 0.255 e. The van der Waals surface area contributed by atoms with E-state index in [1.165, 1.54) is 10.4 Å². The predicted molar refractivity (Wildman–Crippen MR) is 124 cm³/mol. The molecule has 3 aromatic rings. The van der Waals surface area contributed by atoms with E-state index in [9.17, 15) is 13.2 Å². The van der Waals surface area contributed by atoms with Crippen molar-refractivity contribution in [2.24, 2.45) is 0 Å². The molecule has 0 unspecified atom stereocenters. The summed E-state index contributed by atoms with van der Waals surface area (Å²) in [5, 5.41) is 2.85. The maximum Gasteiger partial charge on any atom is 0.255 e. The lowest BCUT2D eigenvalue weighted by atomic mass is 10.1. The monoisotopic (exact) mass is 450 g/mol. The summed E-state index contributed by atoms with van der Waals surface area (Å²) in [6, 6.07) is 21.7. The van der Waals surface area contributed by atoms with E-state index in [0.717, 1.165) is 18.4 Å². The van der Waals surface area contributed by atoms with Crippen molar-refractivity contribution in [3.63, 3.8) is 0 Å². The SMILES string of the molecule is Cc1ccc(S(=O)(=O)N2CCCC2)cc1C(=O)Nc1ccc(OCc2ccccc2)cc1. The zero-order chi connectivity index (χ0) is 22.6. The number of aryl methyl sites for hydroxylation is 1. The highest BCUT2D eigenvalue weighted by Gasteiger charge is 2.28. The molecule has 0 aliphatic carbocycles. The van der Waals surface area contributed by atoms with Gasteiger partial charge < -0.3 is 10.1 Å². The summed E-state index contributed by atoms with van der Waals surface area (Å²) in [5.74, 6) is 0.348. The van der Waals surface area contributed by atoms with E-state index in [1.807, 2.05) is 30.3 Å². The number of hydrogen-bond donors (Lipinski definition) is 1. The second-order valence-corrected chi connectivity index (χ2v) is 9.78. The first-order valence-electron chi connectivity index (χ1n) is 10.6. The highest BCUT2D eigenvalue weighted by atomic mass is 32.2. The number of carbonyl (C=O) groups is 1. The maximum atomic E-state index is 12.9. The molecule has 3 aromatic carbocycles. The van der Waals surface area contributed by atoms with Crippen molar-refractivity contribution >= 4 is 21.6 Å². The van der Waals surface area contributed by atoms with E-state index in [4.69, 9.17) is 4.74 Å². The third-order valence-corrected chi connectivity index (χ3v) is 7.41. The molecule has 1 N–H and O–H groups in total. The number of benzene rings is 3. The first kappa shape index (κ1) is 22.0. The molecule has 4 rings (SSSR count). The Bertz CT molecular complexity index is 1190. The van der Waals surface area contributed by atoms with Crippen molar-refractivity contribution < 1.29 is 17.9 Å². The molecule has 6 nitrogen and oxygen atoms in total. The van der Waals surface area contributed by atoms with Crippen LogP contribution >= 0.6 is 0 Å². The molecule has 0 atom stereocenters. The Morgan fingerprint density at radius 2 is 1.66 bits per heavy atom. The van der Waals surface area contributed by atoms with Gasteiger partial charge in [-0.05, 0) is 67.3 Å². The van der Waals surface area contributed by atoms with Gasteiger partial charge in [-0.1, -0.05) is 36.4 Å². The largest absolute Gasteiger partial charge is 0.489 e. The molecule has 0 radical (unpaired) electrons. The third kappa shape index (κ3) is 5.00. The van der Waals surface area contributed by atoms with Crippen LogP contribution in [0.1, 0.15) is 34.3 Å². The number of sulfonamides is 1. The Labute approximate surface area is 188 Å². The molecule has 1 fully saturated rings. The molecule has 0 spiro atoms. The number of rotatable bonds is 7. The van der Waals surface area contributed by atoms with Crippen LogP contribution in [0.15, 0.2) is 77.7 Å². The van der Waals surface area contributed by atoms with Crippen LogP contribution in [-0.2, 0) is 16.6 Å². The van der Waals surface area contributed by atoms with Crippen molar-refractivity contribution in [1.82, 2.24) is 4.31 Å². The van der Waals surface area contributed by atoms with Crippen LogP contribution in [0.2, 0.25) is 0 Å². The topological polar surface area (TPSA) is 75.7 Å². The lowest BCUT2D eigenvalue weighted by molar-refractivity contribution is 0.102. The van der Waals surface area contributed by atoms with Crippen molar-refractivity contribution in [1.29, 1.82) is 0 Å². The Morgan fingerprint density at radius 1 is 0.969 bits per heavy atom. The number of nitrogens with zero attached hydrogens (tertiary/aromatic N) is 1. The molecule has 0 aromatic heterocycles. The summed E-state index contributed by atoms with van der Waals surface area (Å²) >= 11 is 0. The molecule has 1 aliphatic rings. The highest BCUT2D eigenvalue weighted by Crippen LogP contribution is 2.24. The van der Waals surface area contributed by atoms with E-state index in [-0.39, 0.29) is 10.8 Å². The standard InChI is InChI=1S/C25H26N2O4S/c1-19-9-14-23(32(29,30)27-15-5-6-16-27)17-24(19)25(28)26-21-10-12-22(13-11-21)31-18-20-7-3-2-4-8-20/h2-4,7-14,17H,5-6,15-16,18H2,1H3,(H,26,28). The van der Waals surface area contributed by atoms with Crippen molar-refractivity contribution in [2.45, 2.75) is 31.3 Å². The first-order chi connectivity index (χ1) is 15.4. The first-order valence-corrected chi connectivity index (χ1v) is 12.1. The fourth-order valence-electron chi connectivity index (χ4n) is 3.66. The Balaban J connectivity index is 1.44. The Kier molecular flexibility index (Phi) is 6.58. The summed E-state index contributed by atoms with van der Waals surface area (Å²) < 4.78 is 33.0. The number of carbonyl (C=O) groups excluding carboxylic acids is 1. The fourth-order valence-corrected chi connectivity index (χ4v) is 5.20. The van der Waals surface area contributed by atoms with Crippen LogP contribution in [0.25, 0.3) is 0 Å². The van der Waals surface area contributed by atoms with Gasteiger partial charge in [0.05, 0.1) is 4.90 Å². The maximum absolute atomic E-state index is 12.9. The zero-order valence-electron chi connectivity index (χ0n) is 18.0. The van der Waals surface area contributed by atoms with Crippen LogP contribution < -0.4 is 10.1 Å². The summed E-state index contributed by atoms with van der Waals surface area (Å²) in [7, 11) is -3.58. The summed E-state index contributed by atoms with van der Waals surface area (Å²) in [5.41, 5.74) is 2.73. The van der Waals surface area contributed by atoms with Crippen LogP contribution in [0.3, 0.4) is 0 Å². The van der Waals surface area contributed by atoms with Crippen LogP contribution in [0.5, 0.6) is 5.75 Å². The molecule has 166 valence electrons. The van der Waals surface area contributed by atoms with Gasteiger partial charge in [0.1, 0.15) is 12.4 Å². The minimum absolute atomic E-state index is 0.153. The molecule has 1 heterocycles. The summed E-state index contributed by atoms with van der Waals surface area (Å²) in [4.78, 5) is 13.0. The number of ether oxygens (including phenoxy) is 1. The minimum Gasteiger partial charge on any atom is -0.489 e. The molecule has 32 heavy (non-hydrogen) atoms. The number of amides is 1. The van der Waals surface area contributed by atoms with Gasteiger partial charge in [0.25, 0.3) is 5.91 Å². The molecule has 0 saturated carbocycles. The summed E-state index contributed by atoms with van der Waals surface area (Å²) in [6.07, 6.45) is 1.73. The van der Waals surface area contributed by atoms with Gasteiger partial charge in [-0.25, -0.2) is 8.42 Å². The molecular formula is C25H26N2O4S. The second kappa shape index (κ2) is 9.54. The van der Waals surface area contributed by atoms with Crippen molar-refractivity contribution in [2.75, 3.05) is 18.4 Å². The van der Waals surface area contributed by atoms with Gasteiger partial charge in [0.2, 0.25) is 10.0 Å². The van der Waals surface area contributed by atoms with E-state index in [0.29, 0.717) is 42.3 Å². The van der Waals surface area contributed by atoms with Gasteiger partial charge in [-0.2, -0.15) is 4.31 Å². The normalized spacial score (nSPS) is 14.3. The lowest BCUT2D eigenvalue weighted by Crippen LogP contribution is -2.28. The van der Waals surface area contributed by atoms with E-state index in [1.54, 1.807) is 43.3 Å². The highest BCUT2D eigenvalue weighted by molar-refractivity contribution is 7.89. The van der Waals surface area contributed by atoms with Crippen LogP contribution in [0, 0.1) is 6.92 Å². The number of nitrogens with one attached hydrogen (secondary N) is 1. The third-order valence-electron chi connectivity index (χ3n) is 5.52. The molecule has 1 saturated heterocycles. The van der Waals surface area contributed by atoms with Gasteiger partial charge >= 0.3 is 0 Å². The predicted octanol–water partition coefficient (Wildman–Crippen LogP) is 4.61.